The molecule has 0 bridgehead atoms. The molecule has 1 N–H and O–H groups in total. The highest BCUT2D eigenvalue weighted by Crippen LogP contribution is 2.40. The van der Waals surface area contributed by atoms with Gasteiger partial charge in [-0.3, -0.25) is 9.55 Å². The molecule has 1 unspecified atom stereocenters. The standard InChI is InChI=1S/C25H27FN8OS/c1-33-12-16-6-4-5-15-7-18(8-17(13-33)23(15)16)29-25-28-9-19-20(26)14-34(24(19)31-25)22-11-27-10-21(30-22)32-36(2,3)35/h7-11,14,16H,4-6,12-13H2,1-3H3,(H,28,29,31). The van der Waals surface area contributed by atoms with Gasteiger partial charge in [0.25, 0.3) is 0 Å². The molecule has 4 heterocycles. The van der Waals surface area contributed by atoms with Crippen LogP contribution in [0.2, 0.25) is 0 Å². The fourth-order valence-electron chi connectivity index (χ4n) is 5.37. The lowest BCUT2D eigenvalue weighted by Crippen LogP contribution is -2.33. The molecule has 0 amide bonds. The first-order chi connectivity index (χ1) is 17.2. The predicted molar refractivity (Wildman–Crippen MR) is 138 cm³/mol. The minimum absolute atomic E-state index is 0.212. The molecule has 3 aromatic heterocycles. The van der Waals surface area contributed by atoms with Gasteiger partial charge in [0.05, 0.1) is 17.8 Å². The topological polar surface area (TPSA) is 101 Å². The fraction of sp³-hybridized carbons (Fsp3) is 0.360. The van der Waals surface area contributed by atoms with Crippen molar-refractivity contribution in [3.63, 3.8) is 0 Å². The van der Waals surface area contributed by atoms with Gasteiger partial charge in [-0.25, -0.2) is 18.6 Å². The Labute approximate surface area is 209 Å². The predicted octanol–water partition coefficient (Wildman–Crippen LogP) is 4.32. The van der Waals surface area contributed by atoms with E-state index in [1.807, 2.05) is 0 Å². The number of rotatable bonds is 4. The van der Waals surface area contributed by atoms with Crippen LogP contribution in [0.1, 0.15) is 35.4 Å². The highest BCUT2D eigenvalue weighted by Gasteiger charge is 2.29. The Bertz CT molecular complexity index is 1620. The molecule has 4 aromatic rings. The summed E-state index contributed by atoms with van der Waals surface area (Å²) in [7, 11) is -0.251. The number of halogens is 1. The zero-order chi connectivity index (χ0) is 25.0. The molecule has 186 valence electrons. The van der Waals surface area contributed by atoms with Crippen LogP contribution in [0.15, 0.2) is 41.3 Å². The second-order valence-electron chi connectivity index (χ2n) is 9.91. The number of aryl methyl sites for hydroxylation is 1. The monoisotopic (exact) mass is 506 g/mol. The van der Waals surface area contributed by atoms with Crippen molar-refractivity contribution in [2.75, 3.05) is 31.4 Å². The van der Waals surface area contributed by atoms with Crippen LogP contribution in [-0.2, 0) is 22.7 Å². The van der Waals surface area contributed by atoms with Gasteiger partial charge in [0.15, 0.2) is 23.1 Å². The van der Waals surface area contributed by atoms with E-state index in [4.69, 9.17) is 0 Å². The van der Waals surface area contributed by atoms with Crippen LogP contribution in [0.3, 0.4) is 0 Å². The number of nitrogens with one attached hydrogen (secondary N) is 1. The summed E-state index contributed by atoms with van der Waals surface area (Å²) >= 11 is 0. The summed E-state index contributed by atoms with van der Waals surface area (Å²) in [5.74, 6) is 1.04. The van der Waals surface area contributed by atoms with Crippen molar-refractivity contribution in [2.24, 2.45) is 4.36 Å². The zero-order valence-electron chi connectivity index (χ0n) is 20.4. The number of aromatic nitrogens is 5. The molecule has 36 heavy (non-hydrogen) atoms. The van der Waals surface area contributed by atoms with Gasteiger partial charge in [0.1, 0.15) is 0 Å². The second kappa shape index (κ2) is 8.59. The summed E-state index contributed by atoms with van der Waals surface area (Å²) in [6.45, 7) is 2.03. The maximum absolute atomic E-state index is 14.7. The molecule has 1 aliphatic carbocycles. The van der Waals surface area contributed by atoms with Gasteiger partial charge in [-0.2, -0.15) is 9.35 Å². The largest absolute Gasteiger partial charge is 0.324 e. The summed E-state index contributed by atoms with van der Waals surface area (Å²) in [4.78, 5) is 19.9. The fourth-order valence-corrected chi connectivity index (χ4v) is 5.91. The van der Waals surface area contributed by atoms with Crippen molar-refractivity contribution in [2.45, 2.75) is 31.7 Å². The van der Waals surface area contributed by atoms with Crippen molar-refractivity contribution in [3.05, 3.63) is 59.4 Å². The van der Waals surface area contributed by atoms with Crippen LogP contribution in [-0.4, -0.2) is 59.7 Å². The molecule has 0 radical (unpaired) electrons. The number of anilines is 2. The van der Waals surface area contributed by atoms with Gasteiger partial charge in [-0.15, -0.1) is 0 Å². The van der Waals surface area contributed by atoms with Crippen molar-refractivity contribution < 1.29 is 8.60 Å². The Morgan fingerprint density at radius 2 is 2.00 bits per heavy atom. The van der Waals surface area contributed by atoms with E-state index in [9.17, 15) is 8.60 Å². The maximum atomic E-state index is 14.7. The molecule has 9 nitrogen and oxygen atoms in total. The smallest absolute Gasteiger partial charge is 0.229 e. The summed E-state index contributed by atoms with van der Waals surface area (Å²) < 4.78 is 32.4. The quantitative estimate of drug-likeness (QED) is 0.440. The van der Waals surface area contributed by atoms with Gasteiger partial charge in [0, 0.05) is 53.4 Å². The lowest BCUT2D eigenvalue weighted by atomic mass is 9.77. The minimum atomic E-state index is -2.42. The van der Waals surface area contributed by atoms with Crippen LogP contribution in [0.25, 0.3) is 16.9 Å². The maximum Gasteiger partial charge on any atom is 0.229 e. The molecular weight excluding hydrogens is 479 g/mol. The molecule has 6 rings (SSSR count). The van der Waals surface area contributed by atoms with E-state index in [0.29, 0.717) is 23.3 Å². The van der Waals surface area contributed by atoms with E-state index >= 15 is 0 Å². The van der Waals surface area contributed by atoms with Crippen LogP contribution in [0.4, 0.5) is 21.8 Å². The van der Waals surface area contributed by atoms with Crippen molar-refractivity contribution in [1.29, 1.82) is 0 Å². The molecule has 2 aliphatic rings. The van der Waals surface area contributed by atoms with Gasteiger partial charge in [-0.1, -0.05) is 0 Å². The van der Waals surface area contributed by atoms with Crippen LogP contribution >= 0.6 is 0 Å². The normalized spacial score (nSPS) is 17.7. The van der Waals surface area contributed by atoms with E-state index < -0.39 is 15.5 Å². The SMILES string of the molecule is CN1Cc2cc(Nc3ncc4c(F)cn(-c5cncc(N=S(C)(C)=O)n5)c4n3)cc3c2C(CCC3)C1. The lowest BCUT2D eigenvalue weighted by molar-refractivity contribution is 0.266. The summed E-state index contributed by atoms with van der Waals surface area (Å²) in [6.07, 6.45) is 12.2. The first-order valence-electron chi connectivity index (χ1n) is 11.9. The Kier molecular flexibility index (Phi) is 5.49. The Morgan fingerprint density at radius 1 is 1.17 bits per heavy atom. The van der Waals surface area contributed by atoms with Crippen molar-refractivity contribution >= 4 is 38.2 Å². The number of likely N-dealkylation sites (N-methyl/N-ethyl adjacent to an activating group) is 1. The van der Waals surface area contributed by atoms with Crippen LogP contribution in [0, 0.1) is 5.82 Å². The minimum Gasteiger partial charge on any atom is -0.324 e. The van der Waals surface area contributed by atoms with E-state index in [-0.39, 0.29) is 11.2 Å². The molecule has 0 spiro atoms. The molecular formula is C25H27FN8OS. The number of hydrogen-bond acceptors (Lipinski definition) is 8. The van der Waals surface area contributed by atoms with Crippen molar-refractivity contribution in [1.82, 2.24) is 29.4 Å². The van der Waals surface area contributed by atoms with Gasteiger partial charge in [-0.05, 0) is 61.1 Å². The highest BCUT2D eigenvalue weighted by molar-refractivity contribution is 7.92. The molecule has 11 heteroatoms. The Balaban J connectivity index is 1.39. The molecule has 1 aromatic carbocycles. The molecule has 1 atom stereocenters. The molecule has 1 aliphatic heterocycles. The molecule has 0 fully saturated rings. The van der Waals surface area contributed by atoms with Crippen molar-refractivity contribution in [3.8, 4) is 5.82 Å². The average molecular weight is 507 g/mol. The third kappa shape index (κ3) is 4.33. The lowest BCUT2D eigenvalue weighted by Gasteiger charge is -2.37. The number of nitrogens with zero attached hydrogens (tertiary/aromatic N) is 7. The van der Waals surface area contributed by atoms with E-state index in [2.05, 4.69) is 53.7 Å². The van der Waals surface area contributed by atoms with Gasteiger partial charge >= 0.3 is 0 Å². The molecule has 0 saturated heterocycles. The third-order valence-electron chi connectivity index (χ3n) is 6.65. The Morgan fingerprint density at radius 3 is 2.83 bits per heavy atom. The van der Waals surface area contributed by atoms with E-state index in [0.717, 1.165) is 25.2 Å². The summed E-state index contributed by atoms with van der Waals surface area (Å²) in [5, 5.41) is 3.60. The first-order valence-corrected chi connectivity index (χ1v) is 14.2. The van der Waals surface area contributed by atoms with Gasteiger partial charge in [0.2, 0.25) is 5.95 Å². The molecule has 0 saturated carbocycles. The van der Waals surface area contributed by atoms with Gasteiger partial charge < -0.3 is 10.2 Å². The van der Waals surface area contributed by atoms with E-state index in [1.54, 1.807) is 0 Å². The number of benzene rings is 1. The highest BCUT2D eigenvalue weighted by atomic mass is 32.2. The van der Waals surface area contributed by atoms with E-state index in [1.165, 1.54) is 71.4 Å². The summed E-state index contributed by atoms with van der Waals surface area (Å²) in [6, 6.07) is 4.39. The van der Waals surface area contributed by atoms with Crippen LogP contribution in [0.5, 0.6) is 0 Å². The first kappa shape index (κ1) is 23.0. The average Bonchev–Trinajstić information content (AvgIpc) is 3.14. The third-order valence-corrected chi connectivity index (χ3v) is 7.28. The number of fused-ring (bicyclic) bond motifs is 1. The zero-order valence-corrected chi connectivity index (χ0v) is 21.2. The Hall–Kier alpha value is -3.44. The number of hydrogen-bond donors (Lipinski definition) is 1. The second-order valence-corrected chi connectivity index (χ2v) is 12.5. The summed E-state index contributed by atoms with van der Waals surface area (Å²) in [5.41, 5.74) is 5.55. The van der Waals surface area contributed by atoms with Crippen LogP contribution < -0.4 is 5.32 Å².